The molecule has 3 heteroatoms. The summed E-state index contributed by atoms with van der Waals surface area (Å²) in [7, 11) is 0. The Labute approximate surface area is 85.1 Å². The lowest BCUT2D eigenvalue weighted by molar-refractivity contribution is -0.173. The number of rotatable bonds is 2. The highest BCUT2D eigenvalue weighted by Gasteiger charge is 2.51. The first-order valence-corrected chi connectivity index (χ1v) is 5.63. The van der Waals surface area contributed by atoms with Gasteiger partial charge in [-0.05, 0) is 25.7 Å². The summed E-state index contributed by atoms with van der Waals surface area (Å²) in [6.07, 6.45) is 5.85. The zero-order valence-electron chi connectivity index (χ0n) is 8.67. The fourth-order valence-electron chi connectivity index (χ4n) is 3.02. The van der Waals surface area contributed by atoms with Crippen molar-refractivity contribution in [2.24, 2.45) is 5.41 Å². The van der Waals surface area contributed by atoms with E-state index in [9.17, 15) is 10.2 Å². The molecule has 0 radical (unpaired) electrons. The molecule has 1 aliphatic carbocycles. The van der Waals surface area contributed by atoms with Crippen LogP contribution < -0.4 is 0 Å². The Morgan fingerprint density at radius 1 is 1.07 bits per heavy atom. The Bertz CT molecular complexity index is 191. The first-order valence-electron chi connectivity index (χ1n) is 5.63. The van der Waals surface area contributed by atoms with Gasteiger partial charge in [-0.15, -0.1) is 0 Å². The molecule has 0 aromatic rings. The van der Waals surface area contributed by atoms with Crippen LogP contribution in [0.4, 0.5) is 0 Å². The van der Waals surface area contributed by atoms with Gasteiger partial charge in [0, 0.05) is 12.0 Å². The van der Waals surface area contributed by atoms with Gasteiger partial charge in [-0.2, -0.15) is 0 Å². The third-order valence-corrected chi connectivity index (χ3v) is 4.07. The van der Waals surface area contributed by atoms with E-state index in [0.29, 0.717) is 6.61 Å². The van der Waals surface area contributed by atoms with Gasteiger partial charge < -0.3 is 14.9 Å². The van der Waals surface area contributed by atoms with Gasteiger partial charge in [0.05, 0.1) is 18.8 Å². The highest BCUT2D eigenvalue weighted by molar-refractivity contribution is 5.02. The lowest BCUT2D eigenvalue weighted by atomic mass is 9.68. The van der Waals surface area contributed by atoms with Crippen LogP contribution in [0.15, 0.2) is 0 Å². The van der Waals surface area contributed by atoms with E-state index < -0.39 is 5.60 Å². The van der Waals surface area contributed by atoms with Crippen LogP contribution in [0, 0.1) is 5.41 Å². The van der Waals surface area contributed by atoms with Gasteiger partial charge in [-0.1, -0.05) is 12.8 Å². The molecule has 1 aliphatic heterocycles. The van der Waals surface area contributed by atoms with Gasteiger partial charge in [0.15, 0.2) is 0 Å². The van der Waals surface area contributed by atoms with Crippen molar-refractivity contribution < 1.29 is 14.9 Å². The third kappa shape index (κ3) is 1.47. The predicted octanol–water partition coefficient (Wildman–Crippen LogP) is 1.08. The van der Waals surface area contributed by atoms with Gasteiger partial charge in [0.1, 0.15) is 0 Å². The molecule has 3 nitrogen and oxygen atoms in total. The van der Waals surface area contributed by atoms with Gasteiger partial charge in [0.25, 0.3) is 0 Å². The lowest BCUT2D eigenvalue weighted by Crippen LogP contribution is -2.54. The van der Waals surface area contributed by atoms with Crippen molar-refractivity contribution in [3.63, 3.8) is 0 Å². The fraction of sp³-hybridized carbons (Fsp3) is 1.00. The molecular weight excluding hydrogens is 180 g/mol. The highest BCUT2D eigenvalue weighted by Crippen LogP contribution is 2.49. The maximum atomic E-state index is 10.5. The summed E-state index contributed by atoms with van der Waals surface area (Å²) in [5, 5.41) is 20.1. The average Bonchev–Trinajstić information content (AvgIpc) is 2.68. The van der Waals surface area contributed by atoms with E-state index >= 15 is 0 Å². The topological polar surface area (TPSA) is 49.7 Å². The van der Waals surface area contributed by atoms with E-state index in [4.69, 9.17) is 4.74 Å². The minimum absolute atomic E-state index is 0.104. The lowest BCUT2D eigenvalue weighted by Gasteiger charge is -2.46. The van der Waals surface area contributed by atoms with Crippen LogP contribution in [0.2, 0.25) is 0 Å². The van der Waals surface area contributed by atoms with E-state index in [1.54, 1.807) is 0 Å². The minimum Gasteiger partial charge on any atom is -0.396 e. The van der Waals surface area contributed by atoms with Crippen LogP contribution in [-0.4, -0.2) is 35.6 Å². The molecule has 14 heavy (non-hydrogen) atoms. The number of hydrogen-bond donors (Lipinski definition) is 2. The summed E-state index contributed by atoms with van der Waals surface area (Å²) in [6.45, 7) is 1.27. The van der Waals surface area contributed by atoms with E-state index in [-0.39, 0.29) is 12.0 Å². The van der Waals surface area contributed by atoms with E-state index in [2.05, 4.69) is 0 Å². The van der Waals surface area contributed by atoms with Crippen LogP contribution >= 0.6 is 0 Å². The van der Waals surface area contributed by atoms with Crippen molar-refractivity contribution in [1.82, 2.24) is 0 Å². The number of aliphatic hydroxyl groups is 2. The van der Waals surface area contributed by atoms with Crippen LogP contribution in [0.1, 0.15) is 38.5 Å². The zero-order valence-corrected chi connectivity index (χ0v) is 8.67. The largest absolute Gasteiger partial charge is 0.396 e. The summed E-state index contributed by atoms with van der Waals surface area (Å²) in [6, 6.07) is 0. The number of hydrogen-bond acceptors (Lipinski definition) is 3. The molecule has 0 spiro atoms. The van der Waals surface area contributed by atoms with Crippen molar-refractivity contribution in [2.45, 2.75) is 44.1 Å². The SMILES string of the molecule is OCC1(C2(O)CCCOC2)CCCC1. The smallest absolute Gasteiger partial charge is 0.0958 e. The van der Waals surface area contributed by atoms with E-state index in [1.165, 1.54) is 0 Å². The molecule has 1 unspecified atom stereocenters. The van der Waals surface area contributed by atoms with E-state index in [0.717, 1.165) is 45.1 Å². The van der Waals surface area contributed by atoms with Gasteiger partial charge in [-0.25, -0.2) is 0 Å². The molecule has 82 valence electrons. The Morgan fingerprint density at radius 3 is 2.29 bits per heavy atom. The Balaban J connectivity index is 2.15. The normalized spacial score (nSPS) is 37.3. The molecule has 0 amide bonds. The molecule has 2 fully saturated rings. The molecule has 0 aromatic carbocycles. The van der Waals surface area contributed by atoms with Crippen molar-refractivity contribution in [1.29, 1.82) is 0 Å². The quantitative estimate of drug-likeness (QED) is 0.701. The van der Waals surface area contributed by atoms with Crippen LogP contribution in [-0.2, 0) is 4.74 Å². The molecule has 0 aromatic heterocycles. The highest BCUT2D eigenvalue weighted by atomic mass is 16.5. The molecular formula is C11H20O3. The molecule has 1 saturated carbocycles. The molecule has 2 aliphatic rings. The van der Waals surface area contributed by atoms with Crippen LogP contribution in [0.3, 0.4) is 0 Å². The second-order valence-corrected chi connectivity index (χ2v) is 4.83. The molecule has 2 rings (SSSR count). The van der Waals surface area contributed by atoms with Gasteiger partial charge in [0.2, 0.25) is 0 Å². The summed E-state index contributed by atoms with van der Waals surface area (Å²) in [5.74, 6) is 0. The Kier molecular flexibility index (Phi) is 2.82. The maximum absolute atomic E-state index is 10.5. The average molecular weight is 200 g/mol. The van der Waals surface area contributed by atoms with Gasteiger partial charge in [-0.3, -0.25) is 0 Å². The zero-order chi connectivity index (χ0) is 10.1. The maximum Gasteiger partial charge on any atom is 0.0958 e. The number of aliphatic hydroxyl groups excluding tert-OH is 1. The van der Waals surface area contributed by atoms with Crippen LogP contribution in [0.25, 0.3) is 0 Å². The summed E-state index contributed by atoms with van der Waals surface area (Å²) in [4.78, 5) is 0. The van der Waals surface area contributed by atoms with Crippen molar-refractivity contribution in [3.05, 3.63) is 0 Å². The Morgan fingerprint density at radius 2 is 1.79 bits per heavy atom. The fourth-order valence-corrected chi connectivity index (χ4v) is 3.02. The third-order valence-electron chi connectivity index (χ3n) is 4.07. The Hall–Kier alpha value is -0.120. The first kappa shape index (κ1) is 10.4. The second-order valence-electron chi connectivity index (χ2n) is 4.83. The second kappa shape index (κ2) is 3.80. The summed E-state index contributed by atoms with van der Waals surface area (Å²) >= 11 is 0. The van der Waals surface area contributed by atoms with E-state index in [1.807, 2.05) is 0 Å². The van der Waals surface area contributed by atoms with Gasteiger partial charge >= 0.3 is 0 Å². The molecule has 1 atom stereocenters. The van der Waals surface area contributed by atoms with Crippen molar-refractivity contribution >= 4 is 0 Å². The predicted molar refractivity (Wildman–Crippen MR) is 53.0 cm³/mol. The minimum atomic E-state index is -0.767. The standard InChI is InChI=1S/C11H20O3/c12-8-10(4-1-2-5-10)11(13)6-3-7-14-9-11/h12-13H,1-9H2. The first-order chi connectivity index (χ1) is 6.72. The monoisotopic (exact) mass is 200 g/mol. The molecule has 1 saturated heterocycles. The molecule has 2 N–H and O–H groups in total. The summed E-state index contributed by atoms with van der Waals surface area (Å²) in [5.41, 5.74) is -1.04. The van der Waals surface area contributed by atoms with Crippen molar-refractivity contribution in [3.8, 4) is 0 Å². The molecule has 1 heterocycles. The number of ether oxygens (including phenoxy) is 1. The summed E-state index contributed by atoms with van der Waals surface area (Å²) < 4.78 is 5.36. The van der Waals surface area contributed by atoms with Crippen LogP contribution in [0.5, 0.6) is 0 Å². The van der Waals surface area contributed by atoms with Crippen molar-refractivity contribution in [2.75, 3.05) is 19.8 Å². The molecule has 0 bridgehead atoms.